The van der Waals surface area contributed by atoms with Crippen LogP contribution in [0.1, 0.15) is 11.3 Å². The van der Waals surface area contributed by atoms with Crippen LogP contribution in [-0.2, 0) is 16.6 Å². The number of ether oxygens (including phenoxy) is 2. The molecule has 0 atom stereocenters. The van der Waals surface area contributed by atoms with Crippen LogP contribution in [0.15, 0.2) is 50.4 Å². The molecule has 1 aliphatic rings. The van der Waals surface area contributed by atoms with Crippen LogP contribution in [-0.4, -0.2) is 20.4 Å². The number of aryl methyl sites for hydroxylation is 1. The Morgan fingerprint density at radius 2 is 1.92 bits per heavy atom. The molecule has 3 aromatic rings. The molecule has 0 fully saturated rings. The molecule has 25 heavy (non-hydrogen) atoms. The third-order valence-electron chi connectivity index (χ3n) is 3.62. The molecular weight excluding hydrogens is 348 g/mol. The number of furan rings is 1. The van der Waals surface area contributed by atoms with Crippen LogP contribution in [0, 0.1) is 6.92 Å². The van der Waals surface area contributed by atoms with E-state index in [9.17, 15) is 8.42 Å². The smallest absolute Gasteiger partial charge is 0.274 e. The number of aromatic nitrogens is 1. The zero-order valence-electron chi connectivity index (χ0n) is 13.2. The van der Waals surface area contributed by atoms with Gasteiger partial charge in [0.25, 0.3) is 10.0 Å². The second-order valence-electron chi connectivity index (χ2n) is 5.46. The van der Waals surface area contributed by atoms with E-state index < -0.39 is 10.0 Å². The third kappa shape index (κ3) is 3.11. The Bertz CT molecular complexity index is 1020. The number of hydrogen-bond donors (Lipinski definition) is 1. The molecule has 4 rings (SSSR count). The van der Waals surface area contributed by atoms with E-state index >= 15 is 0 Å². The topological polar surface area (TPSA) is 104 Å². The van der Waals surface area contributed by atoms with Crippen molar-refractivity contribution in [1.29, 1.82) is 0 Å². The predicted molar refractivity (Wildman–Crippen MR) is 85.5 cm³/mol. The second-order valence-corrected chi connectivity index (χ2v) is 7.16. The van der Waals surface area contributed by atoms with Crippen LogP contribution in [0.4, 0.5) is 0 Å². The SMILES string of the molecule is Cc1cc(-c2ccc(S(=O)(=O)NCc3ccc4c(c3)OCO4)o2)on1. The predicted octanol–water partition coefficient (Wildman–Crippen LogP) is 2.45. The quantitative estimate of drug-likeness (QED) is 0.743. The van der Waals surface area contributed by atoms with E-state index in [0.29, 0.717) is 28.7 Å². The fourth-order valence-corrected chi connectivity index (χ4v) is 3.32. The first-order valence-corrected chi connectivity index (χ1v) is 8.91. The summed E-state index contributed by atoms with van der Waals surface area (Å²) in [5, 5.41) is 3.55. The highest BCUT2D eigenvalue weighted by Crippen LogP contribution is 2.32. The first-order chi connectivity index (χ1) is 12.0. The lowest BCUT2D eigenvalue weighted by Gasteiger charge is -2.05. The van der Waals surface area contributed by atoms with Crippen LogP contribution in [0.2, 0.25) is 0 Å². The van der Waals surface area contributed by atoms with Crippen LogP contribution in [0.3, 0.4) is 0 Å². The van der Waals surface area contributed by atoms with E-state index in [2.05, 4.69) is 9.88 Å². The van der Waals surface area contributed by atoms with Crippen molar-refractivity contribution in [3.63, 3.8) is 0 Å². The molecule has 0 bridgehead atoms. The zero-order valence-corrected chi connectivity index (χ0v) is 14.0. The molecule has 0 saturated heterocycles. The van der Waals surface area contributed by atoms with Gasteiger partial charge in [0.1, 0.15) is 0 Å². The molecule has 9 heteroatoms. The minimum Gasteiger partial charge on any atom is -0.454 e. The minimum atomic E-state index is -3.80. The molecule has 0 aliphatic carbocycles. The molecule has 0 unspecified atom stereocenters. The van der Waals surface area contributed by atoms with E-state index in [0.717, 1.165) is 5.56 Å². The maximum absolute atomic E-state index is 12.4. The molecule has 1 N–H and O–H groups in total. The highest BCUT2D eigenvalue weighted by molar-refractivity contribution is 7.89. The van der Waals surface area contributed by atoms with E-state index in [1.165, 1.54) is 12.1 Å². The fraction of sp³-hybridized carbons (Fsp3) is 0.188. The Hall–Kier alpha value is -2.78. The van der Waals surface area contributed by atoms with Crippen molar-refractivity contribution >= 4 is 10.0 Å². The number of rotatable bonds is 5. The monoisotopic (exact) mass is 362 g/mol. The van der Waals surface area contributed by atoms with Crippen molar-refractivity contribution < 1.29 is 26.8 Å². The molecule has 0 saturated carbocycles. The highest BCUT2D eigenvalue weighted by Gasteiger charge is 2.21. The first kappa shape index (κ1) is 15.7. The fourth-order valence-electron chi connectivity index (χ4n) is 2.38. The summed E-state index contributed by atoms with van der Waals surface area (Å²) in [5.74, 6) is 1.90. The highest BCUT2D eigenvalue weighted by atomic mass is 32.2. The van der Waals surface area contributed by atoms with Gasteiger partial charge in [0, 0.05) is 12.6 Å². The van der Waals surface area contributed by atoms with Crippen LogP contribution in [0.25, 0.3) is 11.5 Å². The van der Waals surface area contributed by atoms with Crippen LogP contribution < -0.4 is 14.2 Å². The standard InChI is InChI=1S/C16H14N2O6S/c1-10-6-15(24-18-10)13-4-5-16(23-13)25(19,20)17-8-11-2-3-12-14(7-11)22-9-21-12/h2-7,17H,8-9H2,1H3. The van der Waals surface area contributed by atoms with E-state index in [4.69, 9.17) is 18.4 Å². The van der Waals surface area contributed by atoms with E-state index in [1.54, 1.807) is 31.2 Å². The molecule has 0 spiro atoms. The minimum absolute atomic E-state index is 0.0937. The maximum Gasteiger partial charge on any atom is 0.274 e. The average Bonchev–Trinajstić information content (AvgIpc) is 3.32. The summed E-state index contributed by atoms with van der Waals surface area (Å²) >= 11 is 0. The molecule has 3 heterocycles. The lowest BCUT2D eigenvalue weighted by atomic mass is 10.2. The number of nitrogens with zero attached hydrogens (tertiary/aromatic N) is 1. The lowest BCUT2D eigenvalue weighted by molar-refractivity contribution is 0.174. The van der Waals surface area contributed by atoms with Crippen LogP contribution >= 0.6 is 0 Å². The average molecular weight is 362 g/mol. The third-order valence-corrected chi connectivity index (χ3v) is 4.89. The summed E-state index contributed by atoms with van der Waals surface area (Å²) < 4.78 is 48.2. The van der Waals surface area contributed by atoms with Gasteiger partial charge in [0.2, 0.25) is 17.6 Å². The van der Waals surface area contributed by atoms with Gasteiger partial charge in [-0.2, -0.15) is 0 Å². The zero-order chi connectivity index (χ0) is 17.4. The van der Waals surface area contributed by atoms with Crippen molar-refractivity contribution in [3.8, 4) is 23.0 Å². The van der Waals surface area contributed by atoms with Gasteiger partial charge in [-0.1, -0.05) is 11.2 Å². The Kier molecular flexibility index (Phi) is 3.74. The number of benzene rings is 1. The summed E-state index contributed by atoms with van der Waals surface area (Å²) in [4.78, 5) is 0. The summed E-state index contributed by atoms with van der Waals surface area (Å²) in [6.45, 7) is 2.03. The Labute approximate surface area is 143 Å². The molecule has 1 aliphatic heterocycles. The van der Waals surface area contributed by atoms with Gasteiger partial charge >= 0.3 is 0 Å². The van der Waals surface area contributed by atoms with Gasteiger partial charge in [-0.3, -0.25) is 0 Å². The molecule has 0 radical (unpaired) electrons. The van der Waals surface area contributed by atoms with E-state index in [1.807, 2.05) is 0 Å². The molecule has 1 aromatic carbocycles. The maximum atomic E-state index is 12.4. The van der Waals surface area contributed by atoms with Gasteiger partial charge in [-0.05, 0) is 36.8 Å². The largest absolute Gasteiger partial charge is 0.454 e. The number of nitrogens with one attached hydrogen (secondary N) is 1. The summed E-state index contributed by atoms with van der Waals surface area (Å²) in [6, 6.07) is 9.79. The Morgan fingerprint density at radius 1 is 1.08 bits per heavy atom. The lowest BCUT2D eigenvalue weighted by Crippen LogP contribution is -2.22. The summed E-state index contributed by atoms with van der Waals surface area (Å²) in [7, 11) is -3.80. The number of fused-ring (bicyclic) bond motifs is 1. The van der Waals surface area contributed by atoms with E-state index in [-0.39, 0.29) is 18.4 Å². The van der Waals surface area contributed by atoms with Gasteiger partial charge in [-0.15, -0.1) is 0 Å². The second kappa shape index (κ2) is 5.94. The Balaban J connectivity index is 1.49. The normalized spacial score (nSPS) is 13.3. The van der Waals surface area contributed by atoms with Crippen molar-refractivity contribution in [2.75, 3.05) is 6.79 Å². The molecule has 2 aromatic heterocycles. The summed E-state index contributed by atoms with van der Waals surface area (Å²) in [5.41, 5.74) is 1.42. The number of hydrogen-bond acceptors (Lipinski definition) is 7. The van der Waals surface area contributed by atoms with Gasteiger partial charge in [0.05, 0.1) is 5.69 Å². The number of sulfonamides is 1. The molecule has 130 valence electrons. The summed E-state index contributed by atoms with van der Waals surface area (Å²) in [6.07, 6.45) is 0. The van der Waals surface area contributed by atoms with Crippen molar-refractivity contribution in [1.82, 2.24) is 9.88 Å². The van der Waals surface area contributed by atoms with Crippen molar-refractivity contribution in [2.24, 2.45) is 0 Å². The van der Waals surface area contributed by atoms with Gasteiger partial charge in [0.15, 0.2) is 17.3 Å². The Morgan fingerprint density at radius 3 is 2.72 bits per heavy atom. The van der Waals surface area contributed by atoms with Gasteiger partial charge in [-0.25, -0.2) is 13.1 Å². The molecular formula is C16H14N2O6S. The van der Waals surface area contributed by atoms with Crippen LogP contribution in [0.5, 0.6) is 11.5 Å². The first-order valence-electron chi connectivity index (χ1n) is 7.43. The molecule has 8 nitrogen and oxygen atoms in total. The van der Waals surface area contributed by atoms with Crippen molar-refractivity contribution in [2.45, 2.75) is 18.6 Å². The molecule has 0 amide bonds. The van der Waals surface area contributed by atoms with Crippen molar-refractivity contribution in [3.05, 3.63) is 47.7 Å². The van der Waals surface area contributed by atoms with Gasteiger partial charge < -0.3 is 18.4 Å².